The number of nitrogens with one attached hydrogen (secondary N) is 2. The Morgan fingerprint density at radius 1 is 1.03 bits per heavy atom. The number of ether oxygens (including phenoxy) is 1. The maximum Gasteiger partial charge on any atom is 0.411 e. The van der Waals surface area contributed by atoms with Crippen molar-refractivity contribution in [2.24, 2.45) is 11.1 Å². The van der Waals surface area contributed by atoms with Gasteiger partial charge in [-0.15, -0.1) is 0 Å². The Labute approximate surface area is 202 Å². The standard InChI is InChI=1S/C23H26Cl2N4O4/c24-17-5-7-18(8-6-17)28-22(32)33-15-23(9-11-29(12-10-23)20(30)13-26)21(31)27-14-16-3-1-2-4-19(16)25/h1-8H,9-15,26H2,(H,27,31)(H,28,32). The lowest BCUT2D eigenvalue weighted by molar-refractivity contribution is -0.142. The van der Waals surface area contributed by atoms with E-state index in [-0.39, 0.29) is 31.5 Å². The first-order valence-electron chi connectivity index (χ1n) is 10.5. The summed E-state index contributed by atoms with van der Waals surface area (Å²) in [6.45, 7) is 0.704. The van der Waals surface area contributed by atoms with E-state index in [0.717, 1.165) is 5.56 Å². The minimum absolute atomic E-state index is 0.0916. The van der Waals surface area contributed by atoms with Gasteiger partial charge in [0.15, 0.2) is 0 Å². The minimum atomic E-state index is -0.982. The summed E-state index contributed by atoms with van der Waals surface area (Å²) in [5.41, 5.74) is 5.78. The van der Waals surface area contributed by atoms with Crippen LogP contribution in [0.3, 0.4) is 0 Å². The van der Waals surface area contributed by atoms with Crippen LogP contribution in [0.5, 0.6) is 0 Å². The van der Waals surface area contributed by atoms with Crippen LogP contribution in [0.1, 0.15) is 18.4 Å². The van der Waals surface area contributed by atoms with Crippen LogP contribution in [0, 0.1) is 5.41 Å². The first kappa shape index (κ1) is 24.8. The number of benzene rings is 2. The Bertz CT molecular complexity index is 992. The minimum Gasteiger partial charge on any atom is -0.448 e. The zero-order valence-electron chi connectivity index (χ0n) is 18.0. The first-order valence-corrected chi connectivity index (χ1v) is 11.3. The van der Waals surface area contributed by atoms with Gasteiger partial charge in [-0.25, -0.2) is 4.79 Å². The lowest BCUT2D eigenvalue weighted by Gasteiger charge is -2.40. The molecule has 10 heteroatoms. The van der Waals surface area contributed by atoms with Crippen LogP contribution in [-0.2, 0) is 20.9 Å². The molecule has 3 rings (SSSR count). The second-order valence-corrected chi connectivity index (χ2v) is 8.69. The van der Waals surface area contributed by atoms with Crippen molar-refractivity contribution in [2.45, 2.75) is 19.4 Å². The van der Waals surface area contributed by atoms with E-state index in [0.29, 0.717) is 41.7 Å². The highest BCUT2D eigenvalue weighted by molar-refractivity contribution is 6.31. The number of hydrogen-bond acceptors (Lipinski definition) is 5. The van der Waals surface area contributed by atoms with Gasteiger partial charge in [-0.05, 0) is 48.7 Å². The predicted molar refractivity (Wildman–Crippen MR) is 127 cm³/mol. The molecule has 1 aliphatic heterocycles. The normalized spacial score (nSPS) is 14.9. The van der Waals surface area contributed by atoms with E-state index in [4.69, 9.17) is 33.7 Å². The van der Waals surface area contributed by atoms with Gasteiger partial charge in [0.25, 0.3) is 0 Å². The molecule has 0 aliphatic carbocycles. The molecule has 0 radical (unpaired) electrons. The lowest BCUT2D eigenvalue weighted by atomic mass is 9.78. The van der Waals surface area contributed by atoms with E-state index < -0.39 is 11.5 Å². The van der Waals surface area contributed by atoms with Gasteiger partial charge in [0.2, 0.25) is 11.8 Å². The fourth-order valence-corrected chi connectivity index (χ4v) is 3.97. The molecule has 2 aromatic carbocycles. The third-order valence-corrected chi connectivity index (χ3v) is 6.32. The van der Waals surface area contributed by atoms with Gasteiger partial charge in [0, 0.05) is 35.4 Å². The maximum atomic E-state index is 13.3. The van der Waals surface area contributed by atoms with Crippen LogP contribution < -0.4 is 16.4 Å². The van der Waals surface area contributed by atoms with Crippen LogP contribution in [-0.4, -0.2) is 49.0 Å². The second-order valence-electron chi connectivity index (χ2n) is 7.85. The second kappa shape index (κ2) is 11.4. The smallest absolute Gasteiger partial charge is 0.411 e. The SMILES string of the molecule is NCC(=O)N1CCC(COC(=O)Nc2ccc(Cl)cc2)(C(=O)NCc2ccccc2Cl)CC1. The van der Waals surface area contributed by atoms with Gasteiger partial charge < -0.3 is 20.7 Å². The zero-order valence-corrected chi connectivity index (χ0v) is 19.5. The third-order valence-electron chi connectivity index (χ3n) is 5.70. The molecule has 0 spiro atoms. The highest BCUT2D eigenvalue weighted by Crippen LogP contribution is 2.33. The van der Waals surface area contributed by atoms with Crippen LogP contribution in [0.15, 0.2) is 48.5 Å². The average Bonchev–Trinajstić information content (AvgIpc) is 2.83. The van der Waals surface area contributed by atoms with E-state index >= 15 is 0 Å². The molecule has 0 aromatic heterocycles. The number of nitrogens with zero attached hydrogens (tertiary/aromatic N) is 1. The number of rotatable bonds is 7. The van der Waals surface area contributed by atoms with Crippen molar-refractivity contribution in [3.05, 3.63) is 64.1 Å². The molecule has 0 atom stereocenters. The van der Waals surface area contributed by atoms with Crippen molar-refractivity contribution in [1.29, 1.82) is 0 Å². The summed E-state index contributed by atoms with van der Waals surface area (Å²) in [5.74, 6) is -0.442. The van der Waals surface area contributed by atoms with Gasteiger partial charge in [-0.1, -0.05) is 41.4 Å². The molecule has 0 unspecified atom stereocenters. The van der Waals surface area contributed by atoms with Crippen LogP contribution in [0.4, 0.5) is 10.5 Å². The van der Waals surface area contributed by atoms with Crippen LogP contribution >= 0.6 is 23.2 Å². The van der Waals surface area contributed by atoms with Gasteiger partial charge >= 0.3 is 6.09 Å². The van der Waals surface area contributed by atoms with Crippen molar-refractivity contribution >= 4 is 46.8 Å². The van der Waals surface area contributed by atoms with Gasteiger partial charge in [0.05, 0.1) is 12.0 Å². The molecule has 8 nitrogen and oxygen atoms in total. The Balaban J connectivity index is 1.66. The molecule has 1 aliphatic rings. The van der Waals surface area contributed by atoms with Crippen LogP contribution in [0.2, 0.25) is 10.0 Å². The van der Waals surface area contributed by atoms with E-state index in [9.17, 15) is 14.4 Å². The van der Waals surface area contributed by atoms with E-state index in [2.05, 4.69) is 10.6 Å². The number of amides is 3. The Morgan fingerprint density at radius 2 is 1.70 bits per heavy atom. The van der Waals surface area contributed by atoms with Crippen molar-refractivity contribution < 1.29 is 19.1 Å². The number of carbonyl (C=O) groups excluding carboxylic acids is 3. The lowest BCUT2D eigenvalue weighted by Crippen LogP contribution is -2.53. The Kier molecular flexibility index (Phi) is 8.55. The molecular weight excluding hydrogens is 467 g/mol. The third kappa shape index (κ3) is 6.60. The van der Waals surface area contributed by atoms with Crippen LogP contribution in [0.25, 0.3) is 0 Å². The van der Waals surface area contributed by atoms with Crippen molar-refractivity contribution in [1.82, 2.24) is 10.2 Å². The summed E-state index contributed by atoms with van der Waals surface area (Å²) in [7, 11) is 0. The summed E-state index contributed by atoms with van der Waals surface area (Å²) in [6.07, 6.45) is -0.0149. The number of carbonyl (C=O) groups is 3. The Hall–Kier alpha value is -2.81. The van der Waals surface area contributed by atoms with E-state index in [1.807, 2.05) is 18.2 Å². The Morgan fingerprint density at radius 3 is 2.33 bits per heavy atom. The fraction of sp³-hybridized carbons (Fsp3) is 0.348. The summed E-state index contributed by atoms with van der Waals surface area (Å²) in [4.78, 5) is 39.2. The van der Waals surface area contributed by atoms with Crippen molar-refractivity contribution in [2.75, 3.05) is 31.6 Å². The average molecular weight is 493 g/mol. The van der Waals surface area contributed by atoms with Gasteiger partial charge in [-0.3, -0.25) is 14.9 Å². The molecule has 2 aromatic rings. The number of hydrogen-bond donors (Lipinski definition) is 3. The van der Waals surface area contributed by atoms with Gasteiger partial charge in [0.1, 0.15) is 6.61 Å². The molecule has 3 amide bonds. The zero-order chi connectivity index (χ0) is 23.8. The van der Waals surface area contributed by atoms with E-state index in [1.165, 1.54) is 0 Å². The maximum absolute atomic E-state index is 13.3. The number of halogens is 2. The molecular formula is C23H26Cl2N4O4. The van der Waals surface area contributed by atoms with Crippen molar-refractivity contribution in [3.63, 3.8) is 0 Å². The molecule has 4 N–H and O–H groups in total. The highest BCUT2D eigenvalue weighted by Gasteiger charge is 2.43. The molecule has 1 saturated heterocycles. The number of piperidine rings is 1. The largest absolute Gasteiger partial charge is 0.448 e. The highest BCUT2D eigenvalue weighted by atomic mass is 35.5. The number of anilines is 1. The summed E-state index contributed by atoms with van der Waals surface area (Å²) in [5, 5.41) is 6.62. The molecule has 0 saturated carbocycles. The molecule has 176 valence electrons. The monoisotopic (exact) mass is 492 g/mol. The van der Waals surface area contributed by atoms with E-state index in [1.54, 1.807) is 35.2 Å². The first-order chi connectivity index (χ1) is 15.8. The summed E-state index contributed by atoms with van der Waals surface area (Å²) in [6, 6.07) is 13.8. The fourth-order valence-electron chi connectivity index (χ4n) is 3.65. The molecule has 33 heavy (non-hydrogen) atoms. The summed E-state index contributed by atoms with van der Waals surface area (Å²) < 4.78 is 5.44. The molecule has 1 fully saturated rings. The molecule has 1 heterocycles. The summed E-state index contributed by atoms with van der Waals surface area (Å²) >= 11 is 12.1. The number of nitrogens with two attached hydrogens (primary N) is 1. The quantitative estimate of drug-likeness (QED) is 0.547. The molecule has 0 bridgehead atoms. The predicted octanol–water partition coefficient (Wildman–Crippen LogP) is 3.43. The van der Waals surface area contributed by atoms with Gasteiger partial charge in [-0.2, -0.15) is 0 Å². The van der Waals surface area contributed by atoms with Crippen molar-refractivity contribution in [3.8, 4) is 0 Å². The number of likely N-dealkylation sites (tertiary alicyclic amines) is 1. The topological polar surface area (TPSA) is 114 Å².